The third kappa shape index (κ3) is 3.66. The van der Waals surface area contributed by atoms with Crippen molar-refractivity contribution in [3.05, 3.63) is 65.4 Å². The maximum absolute atomic E-state index is 12.7. The lowest BCUT2D eigenvalue weighted by Crippen LogP contribution is -2.26. The van der Waals surface area contributed by atoms with Crippen LogP contribution in [0, 0.1) is 0 Å². The highest BCUT2D eigenvalue weighted by Crippen LogP contribution is 2.29. The fraction of sp³-hybridized carbons (Fsp3) is 0.261. The zero-order valence-electron chi connectivity index (χ0n) is 16.4. The number of esters is 1. The van der Waals surface area contributed by atoms with E-state index < -0.39 is 12.1 Å². The second kappa shape index (κ2) is 7.54. The summed E-state index contributed by atoms with van der Waals surface area (Å²) in [7, 11) is 0. The van der Waals surface area contributed by atoms with Gasteiger partial charge in [0.2, 0.25) is 11.7 Å². The lowest BCUT2D eigenvalue weighted by molar-refractivity contribution is -0.145. The van der Waals surface area contributed by atoms with E-state index in [1.54, 1.807) is 36.2 Å². The van der Waals surface area contributed by atoms with Gasteiger partial charge in [0.1, 0.15) is 0 Å². The van der Waals surface area contributed by atoms with Crippen molar-refractivity contribution >= 4 is 34.3 Å². The second-order valence-electron chi connectivity index (χ2n) is 7.30. The molecule has 0 spiro atoms. The summed E-state index contributed by atoms with van der Waals surface area (Å²) < 4.78 is 5.40. The number of ketones is 1. The van der Waals surface area contributed by atoms with Crippen molar-refractivity contribution < 1.29 is 19.1 Å². The Bertz CT molecular complexity index is 1120. The van der Waals surface area contributed by atoms with E-state index in [9.17, 15) is 14.4 Å². The lowest BCUT2D eigenvalue weighted by atomic mass is 10.0. The van der Waals surface area contributed by atoms with Crippen molar-refractivity contribution in [1.82, 2.24) is 4.98 Å². The Balaban J connectivity index is 1.43. The van der Waals surface area contributed by atoms with Crippen molar-refractivity contribution in [2.75, 3.05) is 11.4 Å². The molecule has 1 N–H and O–H groups in total. The van der Waals surface area contributed by atoms with Gasteiger partial charge in [-0.15, -0.1) is 0 Å². The van der Waals surface area contributed by atoms with Gasteiger partial charge in [-0.2, -0.15) is 0 Å². The maximum atomic E-state index is 12.7. The number of para-hydroxylation sites is 1. The van der Waals surface area contributed by atoms with Crippen LogP contribution in [0.25, 0.3) is 10.9 Å². The molecule has 1 amide bonds. The number of Topliss-reactive ketones (excluding diaryl/α,β-unsaturated/α-hetero) is 1. The third-order valence-corrected chi connectivity index (χ3v) is 5.33. The average Bonchev–Trinajstić information content (AvgIpc) is 3.31. The quantitative estimate of drug-likeness (QED) is 0.535. The Morgan fingerprint density at radius 1 is 1.17 bits per heavy atom. The van der Waals surface area contributed by atoms with Crippen LogP contribution in [0.3, 0.4) is 0 Å². The second-order valence-corrected chi connectivity index (χ2v) is 7.30. The highest BCUT2D eigenvalue weighted by Gasteiger charge is 2.25. The molecule has 0 unspecified atom stereocenters. The van der Waals surface area contributed by atoms with E-state index in [2.05, 4.69) is 4.98 Å². The smallest absolute Gasteiger partial charge is 0.311 e. The molecule has 6 nitrogen and oxygen atoms in total. The number of rotatable bonds is 5. The molecule has 0 bridgehead atoms. The number of nitrogens with zero attached hydrogens (tertiary/aromatic N) is 1. The molecular formula is C23H22N2O4. The average molecular weight is 390 g/mol. The number of carbonyl (C=O) groups excluding carboxylic acids is 3. The van der Waals surface area contributed by atoms with Gasteiger partial charge < -0.3 is 14.6 Å². The third-order valence-electron chi connectivity index (χ3n) is 5.33. The Hall–Kier alpha value is -3.41. The number of H-pyrrole nitrogens is 1. The number of aromatic nitrogens is 1. The minimum atomic E-state index is -0.879. The normalized spacial score (nSPS) is 13.9. The van der Waals surface area contributed by atoms with Crippen LogP contribution in [-0.2, 0) is 27.2 Å². The van der Waals surface area contributed by atoms with Gasteiger partial charge in [-0.3, -0.25) is 14.4 Å². The SMILES string of the molecule is CC(=O)N1CCc2cc(C(=O)[C@@H](C)OC(=O)Cc3c[nH]c4ccccc34)ccc21. The minimum absolute atomic E-state index is 0.0117. The number of hydrogen-bond donors (Lipinski definition) is 1. The standard InChI is InChI=1S/C23H22N2O4/c1-14(29-22(27)12-18-13-24-20-6-4-3-5-19(18)20)23(28)17-7-8-21-16(11-17)9-10-25(21)15(2)26/h3-8,11,13-14,24H,9-10,12H2,1-2H3/t14-/m1/s1. The zero-order chi connectivity index (χ0) is 20.5. The summed E-state index contributed by atoms with van der Waals surface area (Å²) in [5.74, 6) is -0.705. The first-order valence-electron chi connectivity index (χ1n) is 9.64. The minimum Gasteiger partial charge on any atom is -0.454 e. The van der Waals surface area contributed by atoms with E-state index in [4.69, 9.17) is 4.74 Å². The van der Waals surface area contributed by atoms with Crippen LogP contribution in [0.2, 0.25) is 0 Å². The first-order valence-corrected chi connectivity index (χ1v) is 9.64. The maximum Gasteiger partial charge on any atom is 0.311 e. The summed E-state index contributed by atoms with van der Waals surface area (Å²) >= 11 is 0. The predicted molar refractivity (Wildman–Crippen MR) is 110 cm³/mol. The molecule has 29 heavy (non-hydrogen) atoms. The molecule has 6 heteroatoms. The molecule has 1 atom stereocenters. The van der Waals surface area contributed by atoms with Crippen molar-refractivity contribution in [3.63, 3.8) is 0 Å². The van der Waals surface area contributed by atoms with E-state index in [0.29, 0.717) is 18.5 Å². The molecule has 2 heterocycles. The van der Waals surface area contributed by atoms with Crippen LogP contribution in [0.5, 0.6) is 0 Å². The number of fused-ring (bicyclic) bond motifs is 2. The molecule has 0 saturated heterocycles. The van der Waals surface area contributed by atoms with Crippen LogP contribution in [0.4, 0.5) is 5.69 Å². The molecule has 0 saturated carbocycles. The number of ether oxygens (including phenoxy) is 1. The Morgan fingerprint density at radius 3 is 2.76 bits per heavy atom. The number of aromatic amines is 1. The molecular weight excluding hydrogens is 368 g/mol. The largest absolute Gasteiger partial charge is 0.454 e. The van der Waals surface area contributed by atoms with Crippen LogP contribution in [0.1, 0.15) is 35.3 Å². The first-order chi connectivity index (χ1) is 13.9. The number of nitrogens with one attached hydrogen (secondary N) is 1. The van der Waals surface area contributed by atoms with E-state index >= 15 is 0 Å². The van der Waals surface area contributed by atoms with E-state index in [1.807, 2.05) is 24.3 Å². The molecule has 4 rings (SSSR count). The van der Waals surface area contributed by atoms with Crippen molar-refractivity contribution in [1.29, 1.82) is 0 Å². The van der Waals surface area contributed by atoms with Gasteiger partial charge in [0, 0.05) is 41.8 Å². The van der Waals surface area contributed by atoms with E-state index in [0.717, 1.165) is 27.7 Å². The van der Waals surface area contributed by atoms with Crippen molar-refractivity contribution in [2.24, 2.45) is 0 Å². The number of hydrogen-bond acceptors (Lipinski definition) is 4. The fourth-order valence-corrected chi connectivity index (χ4v) is 3.84. The van der Waals surface area contributed by atoms with E-state index in [1.165, 1.54) is 6.92 Å². The number of benzene rings is 2. The Labute approximate surface area is 168 Å². The molecule has 0 fully saturated rings. The van der Waals surface area contributed by atoms with E-state index in [-0.39, 0.29) is 18.1 Å². The van der Waals surface area contributed by atoms with Gasteiger partial charge in [-0.1, -0.05) is 18.2 Å². The first kappa shape index (κ1) is 18.9. The molecule has 0 radical (unpaired) electrons. The summed E-state index contributed by atoms with van der Waals surface area (Å²) in [6.07, 6.45) is 1.72. The molecule has 148 valence electrons. The molecule has 0 aliphatic carbocycles. The summed E-state index contributed by atoms with van der Waals surface area (Å²) in [5.41, 5.74) is 4.09. The van der Waals surface area contributed by atoms with Gasteiger partial charge in [0.15, 0.2) is 6.10 Å². The van der Waals surface area contributed by atoms with Gasteiger partial charge >= 0.3 is 5.97 Å². The molecule has 1 aliphatic rings. The summed E-state index contributed by atoms with van der Waals surface area (Å²) in [4.78, 5) is 41.6. The van der Waals surface area contributed by atoms with Gasteiger partial charge in [0.25, 0.3) is 0 Å². The monoisotopic (exact) mass is 390 g/mol. The highest BCUT2D eigenvalue weighted by atomic mass is 16.5. The molecule has 1 aliphatic heterocycles. The summed E-state index contributed by atoms with van der Waals surface area (Å²) in [6, 6.07) is 13.0. The predicted octanol–water partition coefficient (Wildman–Crippen LogP) is 3.43. The Morgan fingerprint density at radius 2 is 1.97 bits per heavy atom. The van der Waals surface area contributed by atoms with Gasteiger partial charge in [0.05, 0.1) is 6.42 Å². The number of anilines is 1. The van der Waals surface area contributed by atoms with Gasteiger partial charge in [-0.05, 0) is 48.7 Å². The number of carbonyl (C=O) groups is 3. The van der Waals surface area contributed by atoms with Crippen LogP contribution in [-0.4, -0.2) is 35.3 Å². The lowest BCUT2D eigenvalue weighted by Gasteiger charge is -2.16. The Kier molecular flexibility index (Phi) is 4.92. The molecule has 2 aromatic carbocycles. The van der Waals surface area contributed by atoms with Crippen LogP contribution >= 0.6 is 0 Å². The van der Waals surface area contributed by atoms with Gasteiger partial charge in [-0.25, -0.2) is 0 Å². The van der Waals surface area contributed by atoms with Crippen LogP contribution < -0.4 is 4.90 Å². The summed E-state index contributed by atoms with van der Waals surface area (Å²) in [6.45, 7) is 3.74. The highest BCUT2D eigenvalue weighted by molar-refractivity contribution is 6.02. The molecule has 3 aromatic rings. The molecule has 1 aromatic heterocycles. The topological polar surface area (TPSA) is 79.5 Å². The number of amides is 1. The summed E-state index contributed by atoms with van der Waals surface area (Å²) in [5, 5.41) is 0.970. The fourth-order valence-electron chi connectivity index (χ4n) is 3.84. The van der Waals surface area contributed by atoms with Crippen molar-refractivity contribution in [2.45, 2.75) is 32.8 Å². The van der Waals surface area contributed by atoms with Crippen LogP contribution in [0.15, 0.2) is 48.7 Å². The zero-order valence-corrected chi connectivity index (χ0v) is 16.4. The van der Waals surface area contributed by atoms with Crippen molar-refractivity contribution in [3.8, 4) is 0 Å².